The Labute approximate surface area is 172 Å². The van der Waals surface area contributed by atoms with E-state index in [1.807, 2.05) is 32.0 Å². The van der Waals surface area contributed by atoms with Crippen molar-refractivity contribution in [2.24, 2.45) is 0 Å². The van der Waals surface area contributed by atoms with Gasteiger partial charge in [0.25, 0.3) is 11.8 Å². The number of carbonyl (C=O) groups is 2. The number of hydrogen-bond donors (Lipinski definition) is 2. The first kappa shape index (κ1) is 19.4. The predicted octanol–water partition coefficient (Wildman–Crippen LogP) is 4.92. The molecule has 3 N–H and O–H groups in total. The minimum atomic E-state index is -0.439. The van der Waals surface area contributed by atoms with Gasteiger partial charge in [0, 0.05) is 16.6 Å². The Morgan fingerprint density at radius 2 is 1.67 bits per heavy atom. The summed E-state index contributed by atoms with van der Waals surface area (Å²) >= 11 is 0. The molecule has 1 aromatic heterocycles. The number of anilines is 2. The number of rotatable bonds is 3. The van der Waals surface area contributed by atoms with E-state index in [9.17, 15) is 14.0 Å². The van der Waals surface area contributed by atoms with Crippen molar-refractivity contribution in [2.75, 3.05) is 11.1 Å². The fourth-order valence-corrected chi connectivity index (χ4v) is 3.49. The summed E-state index contributed by atoms with van der Waals surface area (Å²) in [5, 5.41) is 3.47. The molecule has 0 saturated heterocycles. The van der Waals surface area contributed by atoms with E-state index in [0.717, 1.165) is 11.1 Å². The molecule has 0 fully saturated rings. The second kappa shape index (κ2) is 7.48. The average Bonchev–Trinajstić information content (AvgIpc) is 3.02. The van der Waals surface area contributed by atoms with Crippen molar-refractivity contribution in [3.8, 4) is 0 Å². The first-order valence-corrected chi connectivity index (χ1v) is 9.44. The van der Waals surface area contributed by atoms with Crippen molar-refractivity contribution in [2.45, 2.75) is 13.8 Å². The highest BCUT2D eigenvalue weighted by atomic mass is 19.1. The van der Waals surface area contributed by atoms with Crippen molar-refractivity contribution < 1.29 is 14.0 Å². The highest BCUT2D eigenvalue weighted by Gasteiger charge is 2.25. The molecule has 0 bridgehead atoms. The predicted molar refractivity (Wildman–Crippen MR) is 116 cm³/mol. The average molecular weight is 401 g/mol. The smallest absolute Gasteiger partial charge is 0.263 e. The van der Waals surface area contributed by atoms with Crippen molar-refractivity contribution in [3.63, 3.8) is 0 Å². The second-order valence-corrected chi connectivity index (χ2v) is 7.20. The van der Waals surface area contributed by atoms with Gasteiger partial charge >= 0.3 is 0 Å². The summed E-state index contributed by atoms with van der Waals surface area (Å²) in [7, 11) is 0. The lowest BCUT2D eigenvalue weighted by Gasteiger charge is -2.10. The van der Waals surface area contributed by atoms with E-state index in [1.54, 1.807) is 24.3 Å². The molecule has 4 aromatic rings. The molecule has 0 aliphatic heterocycles. The summed E-state index contributed by atoms with van der Waals surface area (Å²) in [6.07, 6.45) is 0. The maximum Gasteiger partial charge on any atom is 0.263 e. The Hall–Kier alpha value is -3.93. The van der Waals surface area contributed by atoms with Crippen LogP contribution < -0.4 is 11.1 Å². The van der Waals surface area contributed by atoms with Gasteiger partial charge in [0.2, 0.25) is 0 Å². The summed E-state index contributed by atoms with van der Waals surface area (Å²) in [6, 6.07) is 18.0. The summed E-state index contributed by atoms with van der Waals surface area (Å²) < 4.78 is 14.6. The second-order valence-electron chi connectivity index (χ2n) is 7.20. The van der Waals surface area contributed by atoms with Gasteiger partial charge in [-0.2, -0.15) is 0 Å². The summed E-state index contributed by atoms with van der Waals surface area (Å²) in [6.45, 7) is 3.84. The number of benzene rings is 3. The molecule has 0 aliphatic carbocycles. The molecule has 150 valence electrons. The van der Waals surface area contributed by atoms with Gasteiger partial charge < -0.3 is 11.1 Å². The number of fused-ring (bicyclic) bond motifs is 1. The van der Waals surface area contributed by atoms with Gasteiger partial charge in [-0.25, -0.2) is 4.39 Å². The van der Waals surface area contributed by atoms with Crippen molar-refractivity contribution in [3.05, 3.63) is 94.8 Å². The van der Waals surface area contributed by atoms with Gasteiger partial charge in [-0.3, -0.25) is 14.2 Å². The third-order valence-corrected chi connectivity index (χ3v) is 5.07. The van der Waals surface area contributed by atoms with Gasteiger partial charge in [0.15, 0.2) is 0 Å². The molecule has 6 heteroatoms. The fourth-order valence-electron chi connectivity index (χ4n) is 3.49. The maximum atomic E-state index is 13.3. The summed E-state index contributed by atoms with van der Waals surface area (Å²) in [5.41, 5.74) is 9.93. The van der Waals surface area contributed by atoms with Gasteiger partial charge in [-0.05, 0) is 61.4 Å². The number of para-hydroxylation sites is 1. The quantitative estimate of drug-likeness (QED) is 0.511. The molecular formula is C24H20FN3O2. The molecule has 1 amide bonds. The lowest BCUT2D eigenvalue weighted by Crippen LogP contribution is -2.18. The molecule has 0 radical (unpaired) electrons. The first-order chi connectivity index (χ1) is 14.4. The molecule has 5 nitrogen and oxygen atoms in total. The highest BCUT2D eigenvalue weighted by molar-refractivity contribution is 6.20. The molecule has 1 heterocycles. The van der Waals surface area contributed by atoms with Gasteiger partial charge in [-0.15, -0.1) is 0 Å². The molecule has 4 rings (SSSR count). The topological polar surface area (TPSA) is 77.1 Å². The van der Waals surface area contributed by atoms with Crippen LogP contribution in [-0.4, -0.2) is 16.4 Å². The zero-order chi connectivity index (χ0) is 21.4. The van der Waals surface area contributed by atoms with E-state index >= 15 is 0 Å². The summed E-state index contributed by atoms with van der Waals surface area (Å²) in [5.74, 6) is -1.24. The molecule has 0 atom stereocenters. The van der Waals surface area contributed by atoms with Crippen LogP contribution in [0.3, 0.4) is 0 Å². The number of halogens is 1. The van der Waals surface area contributed by atoms with Crippen LogP contribution in [0.2, 0.25) is 0 Å². The number of aryl methyl sites for hydroxylation is 2. The van der Waals surface area contributed by atoms with Crippen LogP contribution in [0.1, 0.15) is 31.8 Å². The fraction of sp³-hybridized carbons (Fsp3) is 0.0833. The normalized spacial score (nSPS) is 10.9. The first-order valence-electron chi connectivity index (χ1n) is 9.44. The number of aromatic nitrogens is 1. The zero-order valence-electron chi connectivity index (χ0n) is 16.6. The van der Waals surface area contributed by atoms with E-state index in [-0.39, 0.29) is 16.9 Å². The van der Waals surface area contributed by atoms with Crippen LogP contribution >= 0.6 is 0 Å². The molecule has 30 heavy (non-hydrogen) atoms. The van der Waals surface area contributed by atoms with Crippen LogP contribution in [0.4, 0.5) is 15.9 Å². The van der Waals surface area contributed by atoms with Crippen LogP contribution in [0.5, 0.6) is 0 Å². The maximum absolute atomic E-state index is 13.3. The van der Waals surface area contributed by atoms with Crippen LogP contribution in [0.25, 0.3) is 10.9 Å². The van der Waals surface area contributed by atoms with Crippen LogP contribution in [0.15, 0.2) is 66.7 Å². The molecule has 0 unspecified atom stereocenters. The zero-order valence-corrected chi connectivity index (χ0v) is 16.6. The molecule has 0 saturated carbocycles. The van der Waals surface area contributed by atoms with E-state index < -0.39 is 17.6 Å². The van der Waals surface area contributed by atoms with Crippen LogP contribution in [0, 0.1) is 19.7 Å². The Bertz CT molecular complexity index is 1290. The third kappa shape index (κ3) is 3.33. The highest BCUT2D eigenvalue weighted by Crippen LogP contribution is 2.30. The Morgan fingerprint density at radius 1 is 0.967 bits per heavy atom. The third-order valence-electron chi connectivity index (χ3n) is 5.07. The van der Waals surface area contributed by atoms with E-state index in [4.69, 9.17) is 5.73 Å². The van der Waals surface area contributed by atoms with E-state index in [1.165, 1.54) is 28.8 Å². The summed E-state index contributed by atoms with van der Waals surface area (Å²) in [4.78, 5) is 26.3. The lowest BCUT2D eigenvalue weighted by molar-refractivity contribution is 0.0967. The molecular weight excluding hydrogens is 381 g/mol. The van der Waals surface area contributed by atoms with Crippen molar-refractivity contribution >= 4 is 34.2 Å². The lowest BCUT2D eigenvalue weighted by atomic mass is 10.1. The number of amides is 1. The Morgan fingerprint density at radius 3 is 2.40 bits per heavy atom. The molecule has 0 spiro atoms. The Kier molecular flexibility index (Phi) is 4.83. The van der Waals surface area contributed by atoms with Crippen LogP contribution in [-0.2, 0) is 0 Å². The van der Waals surface area contributed by atoms with E-state index in [2.05, 4.69) is 5.32 Å². The molecule has 0 aliphatic rings. The monoisotopic (exact) mass is 401 g/mol. The SMILES string of the molecule is Cc1ccc(C)c(NC(=O)c2c(N)n(C(=O)c3ccc(F)cc3)c3ccccc23)c1. The van der Waals surface area contributed by atoms with Crippen molar-refractivity contribution in [1.29, 1.82) is 0 Å². The van der Waals surface area contributed by atoms with Gasteiger partial charge in [0.1, 0.15) is 11.6 Å². The number of hydrogen-bond acceptors (Lipinski definition) is 3. The minimum Gasteiger partial charge on any atom is -0.384 e. The molecule has 3 aromatic carbocycles. The largest absolute Gasteiger partial charge is 0.384 e. The minimum absolute atomic E-state index is 0.0355. The number of nitrogens with two attached hydrogens (primary N) is 1. The van der Waals surface area contributed by atoms with Gasteiger partial charge in [0.05, 0.1) is 11.1 Å². The van der Waals surface area contributed by atoms with Crippen molar-refractivity contribution in [1.82, 2.24) is 4.57 Å². The van der Waals surface area contributed by atoms with Gasteiger partial charge in [-0.1, -0.05) is 30.3 Å². The number of nitrogen functional groups attached to an aromatic ring is 1. The number of nitrogens with zero attached hydrogens (tertiary/aromatic N) is 1. The van der Waals surface area contributed by atoms with E-state index in [0.29, 0.717) is 16.6 Å². The number of nitrogens with one attached hydrogen (secondary N) is 1. The standard InChI is InChI=1S/C24H20FN3O2/c1-14-7-8-15(2)19(13-14)27-23(29)21-18-5-3-4-6-20(18)28(22(21)26)24(30)16-9-11-17(25)12-10-16/h3-13H,26H2,1-2H3,(H,27,29). The number of carbonyl (C=O) groups excluding carboxylic acids is 2. The Balaban J connectivity index is 1.82.